The third kappa shape index (κ3) is 3.38. The average molecular weight is 313 g/mol. The quantitative estimate of drug-likeness (QED) is 0.909. The molecule has 1 aromatic carbocycles. The van der Waals surface area contributed by atoms with Crippen LogP contribution in [0.25, 0.3) is 0 Å². The van der Waals surface area contributed by atoms with E-state index in [0.29, 0.717) is 5.92 Å². The summed E-state index contributed by atoms with van der Waals surface area (Å²) in [4.78, 5) is 14.4. The molecule has 5 heteroatoms. The van der Waals surface area contributed by atoms with Crippen LogP contribution < -0.4 is 5.32 Å². The first-order valence-corrected chi connectivity index (χ1v) is 8.15. The molecule has 0 unspecified atom stereocenters. The minimum atomic E-state index is -0.0828. The molecule has 1 saturated heterocycles. The predicted octanol–water partition coefficient (Wildman–Crippen LogP) is 4.48. The van der Waals surface area contributed by atoms with Crippen LogP contribution in [0, 0.1) is 6.92 Å². The molecule has 3 rings (SSSR count). The number of benzene rings is 1. The van der Waals surface area contributed by atoms with Crippen LogP contribution in [-0.4, -0.2) is 22.6 Å². The first-order valence-electron chi connectivity index (χ1n) is 8.15. The molecule has 0 saturated carbocycles. The van der Waals surface area contributed by atoms with E-state index in [-0.39, 0.29) is 12.1 Å². The SMILES string of the molecule is Cc1cccc(NC(=O)N2CCC[C@@H]2c2cc(C(C)C)no2)c1. The van der Waals surface area contributed by atoms with E-state index in [0.717, 1.165) is 42.1 Å². The molecule has 5 nitrogen and oxygen atoms in total. The molecule has 2 heterocycles. The maximum absolute atomic E-state index is 12.6. The minimum absolute atomic E-state index is 0.0280. The van der Waals surface area contributed by atoms with E-state index in [1.54, 1.807) is 0 Å². The van der Waals surface area contributed by atoms with Gasteiger partial charge in [-0.15, -0.1) is 0 Å². The Hall–Kier alpha value is -2.30. The lowest BCUT2D eigenvalue weighted by molar-refractivity contribution is 0.195. The molecular weight excluding hydrogens is 290 g/mol. The van der Waals surface area contributed by atoms with Gasteiger partial charge in [0.15, 0.2) is 5.76 Å². The standard InChI is InChI=1S/C18H23N3O2/c1-12(2)15-11-17(23-20-15)16-8-5-9-21(16)18(22)19-14-7-4-6-13(3)10-14/h4,6-7,10-12,16H,5,8-9H2,1-3H3,(H,19,22)/t16-/m1/s1. The lowest BCUT2D eigenvalue weighted by Crippen LogP contribution is -2.34. The number of carbonyl (C=O) groups excluding carboxylic acids is 1. The van der Waals surface area contributed by atoms with Crippen molar-refractivity contribution in [3.8, 4) is 0 Å². The molecule has 1 aliphatic heterocycles. The van der Waals surface area contributed by atoms with Crippen molar-refractivity contribution >= 4 is 11.7 Å². The number of likely N-dealkylation sites (tertiary alicyclic amines) is 1. The minimum Gasteiger partial charge on any atom is -0.359 e. The fourth-order valence-electron chi connectivity index (χ4n) is 2.96. The van der Waals surface area contributed by atoms with Crippen molar-refractivity contribution in [1.29, 1.82) is 0 Å². The zero-order valence-electron chi connectivity index (χ0n) is 13.9. The van der Waals surface area contributed by atoms with Crippen LogP contribution in [0.4, 0.5) is 10.5 Å². The molecule has 2 aromatic rings. The van der Waals surface area contributed by atoms with Gasteiger partial charge in [0, 0.05) is 18.3 Å². The molecule has 1 aliphatic rings. The van der Waals surface area contributed by atoms with Crippen molar-refractivity contribution in [2.45, 2.75) is 45.6 Å². The molecule has 2 amide bonds. The Morgan fingerprint density at radius 1 is 1.39 bits per heavy atom. The van der Waals surface area contributed by atoms with E-state index in [2.05, 4.69) is 24.3 Å². The molecule has 0 radical (unpaired) electrons. The summed E-state index contributed by atoms with van der Waals surface area (Å²) in [5, 5.41) is 7.10. The zero-order chi connectivity index (χ0) is 16.4. The second kappa shape index (κ2) is 6.44. The maximum Gasteiger partial charge on any atom is 0.322 e. The number of hydrogen-bond donors (Lipinski definition) is 1. The molecule has 0 bridgehead atoms. The van der Waals surface area contributed by atoms with Crippen molar-refractivity contribution in [1.82, 2.24) is 10.1 Å². The Bertz CT molecular complexity index is 693. The van der Waals surface area contributed by atoms with Gasteiger partial charge in [0.1, 0.15) is 0 Å². The third-order valence-corrected chi connectivity index (χ3v) is 4.25. The van der Waals surface area contributed by atoms with Crippen LogP contribution in [-0.2, 0) is 0 Å². The molecule has 1 fully saturated rings. The third-order valence-electron chi connectivity index (χ3n) is 4.25. The van der Waals surface area contributed by atoms with Crippen LogP contribution in [0.5, 0.6) is 0 Å². The number of amides is 2. The number of aromatic nitrogens is 1. The monoisotopic (exact) mass is 313 g/mol. The fraction of sp³-hybridized carbons (Fsp3) is 0.444. The molecule has 122 valence electrons. The van der Waals surface area contributed by atoms with Crippen molar-refractivity contribution in [2.24, 2.45) is 0 Å². The normalized spacial score (nSPS) is 17.7. The first kappa shape index (κ1) is 15.6. The second-order valence-corrected chi connectivity index (χ2v) is 6.46. The number of hydrogen-bond acceptors (Lipinski definition) is 3. The Morgan fingerprint density at radius 2 is 2.22 bits per heavy atom. The Labute approximate surface area is 136 Å². The number of nitrogens with zero attached hydrogens (tertiary/aromatic N) is 2. The van der Waals surface area contributed by atoms with E-state index in [1.165, 1.54) is 0 Å². The van der Waals surface area contributed by atoms with Crippen LogP contribution in [0.15, 0.2) is 34.9 Å². The molecular formula is C18H23N3O2. The van der Waals surface area contributed by atoms with Gasteiger partial charge in [0.05, 0.1) is 11.7 Å². The highest BCUT2D eigenvalue weighted by Crippen LogP contribution is 2.33. The van der Waals surface area contributed by atoms with E-state index < -0.39 is 0 Å². The maximum atomic E-state index is 12.6. The molecule has 1 aromatic heterocycles. The number of aryl methyl sites for hydroxylation is 1. The number of anilines is 1. The highest BCUT2D eigenvalue weighted by atomic mass is 16.5. The van der Waals surface area contributed by atoms with Gasteiger partial charge in [-0.3, -0.25) is 0 Å². The van der Waals surface area contributed by atoms with Gasteiger partial charge in [0.2, 0.25) is 0 Å². The van der Waals surface area contributed by atoms with Crippen molar-refractivity contribution in [3.05, 3.63) is 47.3 Å². The summed E-state index contributed by atoms with van der Waals surface area (Å²) >= 11 is 0. The van der Waals surface area contributed by atoms with Crippen LogP contribution in [0.1, 0.15) is 55.7 Å². The number of carbonyl (C=O) groups is 1. The number of rotatable bonds is 3. The van der Waals surface area contributed by atoms with Crippen LogP contribution in [0.3, 0.4) is 0 Å². The van der Waals surface area contributed by atoms with E-state index in [1.807, 2.05) is 42.2 Å². The fourth-order valence-corrected chi connectivity index (χ4v) is 2.96. The molecule has 0 spiro atoms. The highest BCUT2D eigenvalue weighted by molar-refractivity contribution is 5.89. The van der Waals surface area contributed by atoms with E-state index in [9.17, 15) is 4.79 Å². The van der Waals surface area contributed by atoms with Crippen molar-refractivity contribution in [2.75, 3.05) is 11.9 Å². The largest absolute Gasteiger partial charge is 0.359 e. The topological polar surface area (TPSA) is 58.4 Å². The molecule has 1 N–H and O–H groups in total. The van der Waals surface area contributed by atoms with Crippen molar-refractivity contribution < 1.29 is 9.32 Å². The second-order valence-electron chi connectivity index (χ2n) is 6.46. The van der Waals surface area contributed by atoms with E-state index >= 15 is 0 Å². The predicted molar refractivity (Wildman–Crippen MR) is 89.5 cm³/mol. The molecule has 0 aliphatic carbocycles. The van der Waals surface area contributed by atoms with Gasteiger partial charge in [-0.2, -0.15) is 0 Å². The summed E-state index contributed by atoms with van der Waals surface area (Å²) in [5.41, 5.74) is 2.88. The van der Waals surface area contributed by atoms with Gasteiger partial charge in [-0.05, 0) is 43.4 Å². The number of nitrogens with one attached hydrogen (secondary N) is 1. The van der Waals surface area contributed by atoms with E-state index in [4.69, 9.17) is 4.52 Å². The lowest BCUT2D eigenvalue weighted by atomic mass is 10.1. The van der Waals surface area contributed by atoms with Crippen LogP contribution in [0.2, 0.25) is 0 Å². The summed E-state index contributed by atoms with van der Waals surface area (Å²) in [7, 11) is 0. The molecule has 1 atom stereocenters. The Morgan fingerprint density at radius 3 is 2.91 bits per heavy atom. The summed E-state index contributed by atoms with van der Waals surface area (Å²) in [6.07, 6.45) is 1.89. The highest BCUT2D eigenvalue weighted by Gasteiger charge is 2.33. The number of urea groups is 1. The lowest BCUT2D eigenvalue weighted by Gasteiger charge is -2.23. The first-order chi connectivity index (χ1) is 11.0. The van der Waals surface area contributed by atoms with Gasteiger partial charge < -0.3 is 14.7 Å². The average Bonchev–Trinajstić information content (AvgIpc) is 3.16. The van der Waals surface area contributed by atoms with Gasteiger partial charge >= 0.3 is 6.03 Å². The van der Waals surface area contributed by atoms with Gasteiger partial charge in [-0.1, -0.05) is 31.1 Å². The van der Waals surface area contributed by atoms with Gasteiger partial charge in [-0.25, -0.2) is 4.79 Å². The summed E-state index contributed by atoms with van der Waals surface area (Å²) < 4.78 is 5.49. The molecule has 23 heavy (non-hydrogen) atoms. The smallest absolute Gasteiger partial charge is 0.322 e. The van der Waals surface area contributed by atoms with Gasteiger partial charge in [0.25, 0.3) is 0 Å². The Kier molecular flexibility index (Phi) is 4.37. The van der Waals surface area contributed by atoms with Crippen molar-refractivity contribution in [3.63, 3.8) is 0 Å². The summed E-state index contributed by atoms with van der Waals surface area (Å²) in [6.45, 7) is 6.91. The Balaban J connectivity index is 1.74. The van der Waals surface area contributed by atoms with Crippen LogP contribution >= 0.6 is 0 Å². The summed E-state index contributed by atoms with van der Waals surface area (Å²) in [6, 6.07) is 9.69. The summed E-state index contributed by atoms with van der Waals surface area (Å²) in [5.74, 6) is 1.11. The zero-order valence-corrected chi connectivity index (χ0v) is 13.9.